The van der Waals surface area contributed by atoms with Crippen molar-refractivity contribution in [2.75, 3.05) is 57.0 Å². The maximum atomic E-state index is 12.5. The van der Waals surface area contributed by atoms with E-state index in [1.165, 1.54) is 6.33 Å². The molecule has 0 radical (unpaired) electrons. The summed E-state index contributed by atoms with van der Waals surface area (Å²) < 4.78 is 7.88. The number of aryl methyl sites for hydroxylation is 2. The van der Waals surface area contributed by atoms with E-state index >= 15 is 0 Å². The predicted molar refractivity (Wildman–Crippen MR) is 165 cm³/mol. The molecule has 1 fully saturated rings. The van der Waals surface area contributed by atoms with Crippen molar-refractivity contribution in [1.29, 1.82) is 0 Å². The van der Waals surface area contributed by atoms with Gasteiger partial charge in [-0.05, 0) is 56.9 Å². The van der Waals surface area contributed by atoms with Gasteiger partial charge in [0, 0.05) is 57.6 Å². The number of amides is 1. The fourth-order valence-corrected chi connectivity index (χ4v) is 4.87. The van der Waals surface area contributed by atoms with Gasteiger partial charge in [-0.2, -0.15) is 0 Å². The highest BCUT2D eigenvalue weighted by Crippen LogP contribution is 2.31. The SMILES string of the molecule is Cc1cc(Nc2ncnc3cnc(N4CCN(C(=O)/C=C/CN(C)C)CC4)nc23)ccc1Oc1ccc2c(c1)nnn2C. The van der Waals surface area contributed by atoms with E-state index in [0.29, 0.717) is 54.7 Å². The van der Waals surface area contributed by atoms with Crippen molar-refractivity contribution >= 4 is 45.4 Å². The lowest BCUT2D eigenvalue weighted by Crippen LogP contribution is -2.48. The van der Waals surface area contributed by atoms with Gasteiger partial charge in [0.1, 0.15) is 34.4 Å². The van der Waals surface area contributed by atoms with Crippen molar-refractivity contribution in [3.63, 3.8) is 0 Å². The molecule has 1 aliphatic heterocycles. The van der Waals surface area contributed by atoms with Crippen LogP contribution in [0.3, 0.4) is 0 Å². The second kappa shape index (κ2) is 12.0. The van der Waals surface area contributed by atoms with Crippen LogP contribution in [0, 0.1) is 6.92 Å². The van der Waals surface area contributed by atoms with Crippen LogP contribution in [-0.2, 0) is 11.8 Å². The Morgan fingerprint density at radius 2 is 1.88 bits per heavy atom. The Balaban J connectivity index is 1.15. The molecule has 0 aliphatic carbocycles. The number of fused-ring (bicyclic) bond motifs is 2. The van der Waals surface area contributed by atoms with Crippen LogP contribution < -0.4 is 15.0 Å². The summed E-state index contributed by atoms with van der Waals surface area (Å²) in [7, 11) is 5.80. The average Bonchev–Trinajstić information content (AvgIpc) is 3.38. The van der Waals surface area contributed by atoms with Crippen LogP contribution in [0.15, 0.2) is 61.1 Å². The number of hydrogen-bond donors (Lipinski definition) is 1. The number of piperazine rings is 1. The largest absolute Gasteiger partial charge is 0.457 e. The monoisotopic (exact) mass is 579 g/mol. The Kier molecular flexibility index (Phi) is 7.79. The zero-order valence-corrected chi connectivity index (χ0v) is 24.6. The molecule has 43 heavy (non-hydrogen) atoms. The molecule has 0 spiro atoms. The first-order valence-corrected chi connectivity index (χ1v) is 14.0. The third kappa shape index (κ3) is 6.21. The van der Waals surface area contributed by atoms with Crippen molar-refractivity contribution in [2.24, 2.45) is 7.05 Å². The minimum atomic E-state index is 0.0269. The highest BCUT2D eigenvalue weighted by Gasteiger charge is 2.22. The van der Waals surface area contributed by atoms with E-state index in [1.807, 2.05) is 80.3 Å². The molecule has 4 heterocycles. The first kappa shape index (κ1) is 28.0. The van der Waals surface area contributed by atoms with Crippen LogP contribution in [0.5, 0.6) is 11.5 Å². The summed E-state index contributed by atoms with van der Waals surface area (Å²) in [4.78, 5) is 36.7. The Morgan fingerprint density at radius 1 is 1.05 bits per heavy atom. The number of aromatic nitrogens is 7. The third-order valence-corrected chi connectivity index (χ3v) is 7.22. The lowest BCUT2D eigenvalue weighted by atomic mass is 10.2. The van der Waals surface area contributed by atoms with Crippen LogP contribution in [0.1, 0.15) is 5.56 Å². The molecule has 220 valence electrons. The zero-order valence-electron chi connectivity index (χ0n) is 24.6. The normalized spacial score (nSPS) is 13.9. The second-order valence-electron chi connectivity index (χ2n) is 10.7. The number of carbonyl (C=O) groups is 1. The summed E-state index contributed by atoms with van der Waals surface area (Å²) in [5.74, 6) is 2.61. The van der Waals surface area contributed by atoms with E-state index in [4.69, 9.17) is 9.72 Å². The summed E-state index contributed by atoms with van der Waals surface area (Å²) in [6.45, 7) is 5.20. The number of nitrogens with one attached hydrogen (secondary N) is 1. The molecule has 0 saturated carbocycles. The van der Waals surface area contributed by atoms with E-state index in [9.17, 15) is 4.79 Å². The molecule has 0 unspecified atom stereocenters. The topological polar surface area (TPSA) is 130 Å². The lowest BCUT2D eigenvalue weighted by Gasteiger charge is -2.34. The van der Waals surface area contributed by atoms with Gasteiger partial charge in [-0.3, -0.25) is 4.79 Å². The van der Waals surface area contributed by atoms with Crippen molar-refractivity contribution in [3.8, 4) is 11.5 Å². The van der Waals surface area contributed by atoms with Crippen LogP contribution in [0.2, 0.25) is 0 Å². The van der Waals surface area contributed by atoms with Crippen LogP contribution >= 0.6 is 0 Å². The molecule has 6 rings (SSSR count). The van der Waals surface area contributed by atoms with Crippen molar-refractivity contribution < 1.29 is 9.53 Å². The zero-order chi connectivity index (χ0) is 29.9. The molecule has 0 bridgehead atoms. The summed E-state index contributed by atoms with van der Waals surface area (Å²) in [6.07, 6.45) is 6.74. The van der Waals surface area contributed by atoms with Crippen LogP contribution in [0.25, 0.3) is 22.1 Å². The maximum absolute atomic E-state index is 12.5. The quantitative estimate of drug-likeness (QED) is 0.272. The van der Waals surface area contributed by atoms with E-state index < -0.39 is 0 Å². The minimum Gasteiger partial charge on any atom is -0.457 e. The minimum absolute atomic E-state index is 0.0269. The Hall–Kier alpha value is -5.17. The van der Waals surface area contributed by atoms with E-state index in [1.54, 1.807) is 17.0 Å². The number of benzene rings is 2. The molecule has 13 heteroatoms. The molecule has 2 aromatic carbocycles. The highest BCUT2D eigenvalue weighted by molar-refractivity contribution is 5.88. The summed E-state index contributed by atoms with van der Waals surface area (Å²) >= 11 is 0. The molecule has 5 aromatic rings. The van der Waals surface area contributed by atoms with Crippen LogP contribution in [-0.4, -0.2) is 97.5 Å². The smallest absolute Gasteiger partial charge is 0.246 e. The molecule has 3 aromatic heterocycles. The van der Waals surface area contributed by atoms with Crippen LogP contribution in [0.4, 0.5) is 17.5 Å². The number of hydrogen-bond acceptors (Lipinski definition) is 11. The Morgan fingerprint density at radius 3 is 2.67 bits per heavy atom. The number of ether oxygens (including phenoxy) is 1. The first-order chi connectivity index (χ1) is 20.8. The van der Waals surface area contributed by atoms with Gasteiger partial charge >= 0.3 is 0 Å². The molecule has 1 saturated heterocycles. The summed E-state index contributed by atoms with van der Waals surface area (Å²) in [6, 6.07) is 11.6. The molecule has 0 atom stereocenters. The molecule has 1 N–H and O–H groups in total. The maximum Gasteiger partial charge on any atom is 0.246 e. The van der Waals surface area contributed by atoms with Crippen molar-refractivity contribution in [1.82, 2.24) is 44.7 Å². The summed E-state index contributed by atoms with van der Waals surface area (Å²) in [5.41, 5.74) is 4.75. The van der Waals surface area contributed by atoms with E-state index in [0.717, 1.165) is 34.6 Å². The van der Waals surface area contributed by atoms with Gasteiger partial charge in [-0.25, -0.2) is 24.6 Å². The number of carbonyl (C=O) groups excluding carboxylic acids is 1. The third-order valence-electron chi connectivity index (χ3n) is 7.22. The number of anilines is 3. The Bertz CT molecular complexity index is 1810. The van der Waals surface area contributed by atoms with Crippen molar-refractivity contribution in [3.05, 3.63) is 66.6 Å². The molecule has 1 amide bonds. The fourth-order valence-electron chi connectivity index (χ4n) is 4.87. The fraction of sp³-hybridized carbons (Fsp3) is 0.300. The van der Waals surface area contributed by atoms with Gasteiger partial charge in [0.25, 0.3) is 0 Å². The molecule has 13 nitrogen and oxygen atoms in total. The van der Waals surface area contributed by atoms with E-state index in [-0.39, 0.29) is 5.91 Å². The van der Waals surface area contributed by atoms with Gasteiger partial charge in [0.15, 0.2) is 5.82 Å². The number of nitrogens with zero attached hydrogens (tertiary/aromatic N) is 10. The van der Waals surface area contributed by atoms with Crippen molar-refractivity contribution in [2.45, 2.75) is 6.92 Å². The number of rotatable bonds is 8. The standard InChI is InChI=1S/C30H33N11O2/c1-20-16-21(7-10-26(20)43-22-8-9-25-23(17-22)36-37-39(25)4)34-29-28-24(32-19-33-29)18-31-30(35-28)41-14-12-40(13-15-41)27(42)6-5-11-38(2)3/h5-10,16-19H,11-15H2,1-4H3,(H,32,33,34)/b6-5+. The lowest BCUT2D eigenvalue weighted by molar-refractivity contribution is -0.126. The first-order valence-electron chi connectivity index (χ1n) is 14.0. The highest BCUT2D eigenvalue weighted by atomic mass is 16.5. The average molecular weight is 580 g/mol. The van der Waals surface area contributed by atoms with Gasteiger partial charge in [0.05, 0.1) is 11.7 Å². The molecule has 1 aliphatic rings. The number of likely N-dealkylation sites (N-methyl/N-ethyl adjacent to an activating group) is 1. The van der Waals surface area contributed by atoms with Gasteiger partial charge in [-0.15, -0.1) is 5.10 Å². The van der Waals surface area contributed by atoms with Gasteiger partial charge < -0.3 is 24.8 Å². The van der Waals surface area contributed by atoms with Gasteiger partial charge in [-0.1, -0.05) is 11.3 Å². The second-order valence-corrected chi connectivity index (χ2v) is 10.7. The molecular weight excluding hydrogens is 546 g/mol. The summed E-state index contributed by atoms with van der Waals surface area (Å²) in [5, 5.41) is 11.6. The van der Waals surface area contributed by atoms with Gasteiger partial charge in [0.2, 0.25) is 11.9 Å². The predicted octanol–water partition coefficient (Wildman–Crippen LogP) is 3.31. The molecular formula is C30H33N11O2. The van der Waals surface area contributed by atoms with E-state index in [2.05, 4.69) is 35.5 Å². The Labute approximate surface area is 248 Å².